The molecule has 122 valence electrons. The molecule has 0 aliphatic carbocycles. The van der Waals surface area contributed by atoms with Crippen molar-refractivity contribution in [1.82, 2.24) is 0 Å². The number of alkyl halides is 3. The third-order valence-electron chi connectivity index (χ3n) is 2.82. The highest BCUT2D eigenvalue weighted by atomic mass is 19.4. The lowest BCUT2D eigenvalue weighted by Gasteiger charge is -2.10. The predicted molar refractivity (Wildman–Crippen MR) is 73.5 cm³/mol. The van der Waals surface area contributed by atoms with Crippen LogP contribution >= 0.6 is 0 Å². The van der Waals surface area contributed by atoms with Crippen LogP contribution in [0.3, 0.4) is 0 Å². The molecular formula is C16H12F4O3. The maximum absolute atomic E-state index is 13.5. The number of carbonyl (C=O) groups excluding carboxylic acids is 1. The van der Waals surface area contributed by atoms with Gasteiger partial charge in [0.05, 0.1) is 6.61 Å². The summed E-state index contributed by atoms with van der Waals surface area (Å²) in [5.41, 5.74) is 0.769. The Morgan fingerprint density at radius 1 is 1.04 bits per heavy atom. The Labute approximate surface area is 129 Å². The van der Waals surface area contributed by atoms with Gasteiger partial charge in [-0.25, -0.2) is 4.39 Å². The summed E-state index contributed by atoms with van der Waals surface area (Å²) in [5.74, 6) is -2.80. The lowest BCUT2D eigenvalue weighted by molar-refractivity contribution is -0.275. The van der Waals surface area contributed by atoms with E-state index in [-0.39, 0.29) is 18.8 Å². The third-order valence-corrected chi connectivity index (χ3v) is 2.82. The van der Waals surface area contributed by atoms with Crippen LogP contribution in [0.2, 0.25) is 0 Å². The Kier molecular flexibility index (Phi) is 5.33. The van der Waals surface area contributed by atoms with Gasteiger partial charge in [0.1, 0.15) is 6.61 Å². The van der Waals surface area contributed by atoms with E-state index in [1.165, 1.54) is 0 Å². The van der Waals surface area contributed by atoms with Crippen molar-refractivity contribution < 1.29 is 31.8 Å². The van der Waals surface area contributed by atoms with Crippen molar-refractivity contribution in [2.24, 2.45) is 0 Å². The van der Waals surface area contributed by atoms with E-state index in [1.54, 1.807) is 0 Å². The van der Waals surface area contributed by atoms with Gasteiger partial charge in [0.2, 0.25) is 0 Å². The number of hydrogen-bond donors (Lipinski definition) is 0. The first-order valence-electron chi connectivity index (χ1n) is 6.55. The van der Waals surface area contributed by atoms with Crippen molar-refractivity contribution in [1.29, 1.82) is 0 Å². The number of rotatable bonds is 6. The molecular weight excluding hydrogens is 316 g/mol. The molecule has 0 N–H and O–H groups in total. The van der Waals surface area contributed by atoms with Gasteiger partial charge in [-0.1, -0.05) is 30.3 Å². The van der Waals surface area contributed by atoms with Gasteiger partial charge in [0.25, 0.3) is 0 Å². The maximum Gasteiger partial charge on any atom is 0.573 e. The molecule has 0 unspecified atom stereocenters. The van der Waals surface area contributed by atoms with E-state index in [0.717, 1.165) is 17.7 Å². The summed E-state index contributed by atoms with van der Waals surface area (Å²) in [4.78, 5) is 11.8. The smallest absolute Gasteiger partial charge is 0.403 e. The molecule has 3 nitrogen and oxygen atoms in total. The Hall–Kier alpha value is -2.41. The minimum atomic E-state index is -4.99. The number of ketones is 1. The van der Waals surface area contributed by atoms with Gasteiger partial charge in [-0.15, -0.1) is 13.2 Å². The van der Waals surface area contributed by atoms with Crippen molar-refractivity contribution in [2.45, 2.75) is 13.0 Å². The SMILES string of the molecule is O=C(COCc1ccccc1)c1ccc(OC(F)(F)F)c(F)c1. The van der Waals surface area contributed by atoms with Crippen molar-refractivity contribution in [2.75, 3.05) is 6.61 Å². The van der Waals surface area contributed by atoms with E-state index in [1.807, 2.05) is 30.3 Å². The van der Waals surface area contributed by atoms with E-state index >= 15 is 0 Å². The molecule has 0 aliphatic rings. The van der Waals surface area contributed by atoms with Crippen molar-refractivity contribution in [3.8, 4) is 5.75 Å². The maximum atomic E-state index is 13.5. The van der Waals surface area contributed by atoms with Crippen molar-refractivity contribution in [3.63, 3.8) is 0 Å². The highest BCUT2D eigenvalue weighted by molar-refractivity contribution is 5.97. The van der Waals surface area contributed by atoms with E-state index < -0.39 is 23.7 Å². The molecule has 0 atom stereocenters. The molecule has 0 saturated heterocycles. The van der Waals surface area contributed by atoms with E-state index in [2.05, 4.69) is 4.74 Å². The summed E-state index contributed by atoms with van der Waals surface area (Å²) in [7, 11) is 0. The number of Topliss-reactive ketones (excluding diaryl/α,β-unsaturated/α-hetero) is 1. The average Bonchev–Trinajstić information content (AvgIpc) is 2.49. The molecule has 0 aliphatic heterocycles. The second kappa shape index (κ2) is 7.23. The van der Waals surface area contributed by atoms with Crippen LogP contribution in [-0.2, 0) is 11.3 Å². The van der Waals surface area contributed by atoms with Crippen LogP contribution in [0.15, 0.2) is 48.5 Å². The average molecular weight is 328 g/mol. The summed E-state index contributed by atoms with van der Waals surface area (Å²) in [6.07, 6.45) is -4.99. The highest BCUT2D eigenvalue weighted by Crippen LogP contribution is 2.26. The van der Waals surface area contributed by atoms with Crippen LogP contribution in [0, 0.1) is 5.82 Å². The molecule has 2 aromatic rings. The fraction of sp³-hybridized carbons (Fsp3) is 0.188. The van der Waals surface area contributed by atoms with Gasteiger partial charge in [-0.05, 0) is 23.8 Å². The summed E-state index contributed by atoms with van der Waals surface area (Å²) in [6, 6.07) is 11.6. The predicted octanol–water partition coefficient (Wildman–Crippen LogP) is 4.12. The number of carbonyl (C=O) groups is 1. The lowest BCUT2D eigenvalue weighted by atomic mass is 10.1. The van der Waals surface area contributed by atoms with Crippen LogP contribution in [0.25, 0.3) is 0 Å². The molecule has 0 aromatic heterocycles. The van der Waals surface area contributed by atoms with Crippen molar-refractivity contribution in [3.05, 3.63) is 65.5 Å². The molecule has 2 rings (SSSR count). The second-order valence-corrected chi connectivity index (χ2v) is 4.59. The van der Waals surface area contributed by atoms with Crippen LogP contribution in [0.1, 0.15) is 15.9 Å². The summed E-state index contributed by atoms with van der Waals surface area (Å²) >= 11 is 0. The number of halogens is 4. The molecule has 0 heterocycles. The van der Waals surface area contributed by atoms with Gasteiger partial charge in [-0.2, -0.15) is 0 Å². The van der Waals surface area contributed by atoms with Gasteiger partial charge in [-0.3, -0.25) is 4.79 Å². The lowest BCUT2D eigenvalue weighted by Crippen LogP contribution is -2.18. The van der Waals surface area contributed by atoms with Crippen LogP contribution in [0.4, 0.5) is 17.6 Å². The highest BCUT2D eigenvalue weighted by Gasteiger charge is 2.32. The summed E-state index contributed by atoms with van der Waals surface area (Å²) < 4.78 is 58.3. The summed E-state index contributed by atoms with van der Waals surface area (Å²) in [5, 5.41) is 0. The second-order valence-electron chi connectivity index (χ2n) is 4.59. The third kappa shape index (κ3) is 5.37. The van der Waals surface area contributed by atoms with Gasteiger partial charge < -0.3 is 9.47 Å². The molecule has 0 amide bonds. The van der Waals surface area contributed by atoms with E-state index in [0.29, 0.717) is 6.07 Å². The fourth-order valence-corrected chi connectivity index (χ4v) is 1.80. The first-order chi connectivity index (χ1) is 10.8. The molecule has 23 heavy (non-hydrogen) atoms. The quantitative estimate of drug-likeness (QED) is 0.591. The zero-order valence-corrected chi connectivity index (χ0v) is 11.8. The molecule has 0 radical (unpaired) electrons. The van der Waals surface area contributed by atoms with Crippen LogP contribution in [-0.4, -0.2) is 18.8 Å². The fourth-order valence-electron chi connectivity index (χ4n) is 1.80. The summed E-state index contributed by atoms with van der Waals surface area (Å²) in [6.45, 7) is -0.113. The zero-order chi connectivity index (χ0) is 16.9. The normalized spacial score (nSPS) is 11.3. The molecule has 0 fully saturated rings. The molecule has 0 spiro atoms. The largest absolute Gasteiger partial charge is 0.573 e. The van der Waals surface area contributed by atoms with E-state index in [4.69, 9.17) is 4.74 Å². The van der Waals surface area contributed by atoms with Gasteiger partial charge >= 0.3 is 6.36 Å². The van der Waals surface area contributed by atoms with Gasteiger partial charge in [0.15, 0.2) is 17.3 Å². The van der Waals surface area contributed by atoms with Crippen molar-refractivity contribution >= 4 is 5.78 Å². The number of hydrogen-bond acceptors (Lipinski definition) is 3. The standard InChI is InChI=1S/C16H12F4O3/c17-13-8-12(6-7-15(13)23-16(18,19)20)14(21)10-22-9-11-4-2-1-3-5-11/h1-8H,9-10H2. The van der Waals surface area contributed by atoms with Crippen LogP contribution < -0.4 is 4.74 Å². The van der Waals surface area contributed by atoms with Crippen LogP contribution in [0.5, 0.6) is 5.75 Å². The number of ether oxygens (including phenoxy) is 2. The molecule has 2 aromatic carbocycles. The molecule has 0 bridgehead atoms. The zero-order valence-electron chi connectivity index (χ0n) is 11.8. The Bertz CT molecular complexity index is 669. The Morgan fingerprint density at radius 2 is 1.74 bits per heavy atom. The molecule has 0 saturated carbocycles. The van der Waals surface area contributed by atoms with Gasteiger partial charge in [0, 0.05) is 5.56 Å². The molecule has 7 heteroatoms. The monoisotopic (exact) mass is 328 g/mol. The minimum absolute atomic E-state index is 0.0925. The minimum Gasteiger partial charge on any atom is -0.403 e. The van der Waals surface area contributed by atoms with E-state index in [9.17, 15) is 22.4 Å². The Balaban J connectivity index is 1.93. The first-order valence-corrected chi connectivity index (χ1v) is 6.55. The number of benzene rings is 2. The topological polar surface area (TPSA) is 35.5 Å². The Morgan fingerprint density at radius 3 is 2.35 bits per heavy atom. The first kappa shape index (κ1) is 17.0.